The number of hydrogen-bond acceptors (Lipinski definition) is 5. The Morgan fingerprint density at radius 3 is 2.29 bits per heavy atom. The predicted molar refractivity (Wildman–Crippen MR) is 66.0 cm³/mol. The molecule has 0 spiro atoms. The van der Waals surface area contributed by atoms with E-state index in [2.05, 4.69) is 29.1 Å². The molecule has 0 fully saturated rings. The number of likely N-dealkylation sites (N-methyl/N-ethyl adjacent to an activating group) is 1. The SMILES string of the molecule is CNC(c1nccnc1OC)C(OC)C(C)C. The van der Waals surface area contributed by atoms with Crippen molar-refractivity contribution in [2.24, 2.45) is 5.92 Å². The molecule has 1 rings (SSSR count). The Morgan fingerprint density at radius 1 is 1.18 bits per heavy atom. The van der Waals surface area contributed by atoms with Crippen molar-refractivity contribution in [3.63, 3.8) is 0 Å². The van der Waals surface area contributed by atoms with Crippen LogP contribution in [0, 0.1) is 5.92 Å². The number of ether oxygens (including phenoxy) is 2. The largest absolute Gasteiger partial charge is 0.480 e. The van der Waals surface area contributed by atoms with E-state index in [4.69, 9.17) is 9.47 Å². The van der Waals surface area contributed by atoms with E-state index in [1.54, 1.807) is 26.6 Å². The van der Waals surface area contributed by atoms with Crippen LogP contribution in [0.5, 0.6) is 5.88 Å². The summed E-state index contributed by atoms with van der Waals surface area (Å²) in [5.74, 6) is 0.902. The molecular formula is C12H21N3O2. The zero-order valence-corrected chi connectivity index (χ0v) is 11.1. The van der Waals surface area contributed by atoms with Crippen LogP contribution in [-0.2, 0) is 4.74 Å². The third kappa shape index (κ3) is 3.14. The smallest absolute Gasteiger partial charge is 0.237 e. The summed E-state index contributed by atoms with van der Waals surface area (Å²) in [5.41, 5.74) is 0.776. The van der Waals surface area contributed by atoms with Crippen molar-refractivity contribution in [2.75, 3.05) is 21.3 Å². The van der Waals surface area contributed by atoms with Gasteiger partial charge < -0.3 is 14.8 Å². The van der Waals surface area contributed by atoms with Crippen LogP contribution in [-0.4, -0.2) is 37.3 Å². The molecule has 2 atom stereocenters. The highest BCUT2D eigenvalue weighted by Crippen LogP contribution is 2.27. The van der Waals surface area contributed by atoms with Crippen LogP contribution in [0.15, 0.2) is 12.4 Å². The van der Waals surface area contributed by atoms with Gasteiger partial charge in [-0.25, -0.2) is 4.98 Å². The summed E-state index contributed by atoms with van der Waals surface area (Å²) in [6.07, 6.45) is 3.30. The van der Waals surface area contributed by atoms with Gasteiger partial charge in [0.2, 0.25) is 5.88 Å². The molecule has 0 aliphatic carbocycles. The zero-order chi connectivity index (χ0) is 12.8. The van der Waals surface area contributed by atoms with Crippen LogP contribution in [0.2, 0.25) is 0 Å². The standard InChI is InChI=1S/C12H21N3O2/c1-8(2)11(16-4)9(13-3)10-12(17-5)15-7-6-14-10/h6-9,11,13H,1-5H3. The van der Waals surface area contributed by atoms with Crippen molar-refractivity contribution in [3.8, 4) is 5.88 Å². The van der Waals surface area contributed by atoms with Gasteiger partial charge in [-0.2, -0.15) is 0 Å². The van der Waals surface area contributed by atoms with Crippen LogP contribution in [0.1, 0.15) is 25.6 Å². The highest BCUT2D eigenvalue weighted by Gasteiger charge is 2.28. The van der Waals surface area contributed by atoms with Crippen molar-refractivity contribution in [1.82, 2.24) is 15.3 Å². The second-order valence-electron chi connectivity index (χ2n) is 4.16. The van der Waals surface area contributed by atoms with Gasteiger partial charge in [0.25, 0.3) is 0 Å². The van der Waals surface area contributed by atoms with E-state index in [0.717, 1.165) is 5.69 Å². The minimum absolute atomic E-state index is 0.0191. The van der Waals surface area contributed by atoms with E-state index in [9.17, 15) is 0 Å². The summed E-state index contributed by atoms with van der Waals surface area (Å²) in [5, 5.41) is 3.22. The molecule has 1 aromatic rings. The van der Waals surface area contributed by atoms with Crippen molar-refractivity contribution < 1.29 is 9.47 Å². The average Bonchev–Trinajstić information content (AvgIpc) is 2.35. The molecule has 0 bridgehead atoms. The van der Waals surface area contributed by atoms with Gasteiger partial charge in [0.1, 0.15) is 5.69 Å². The average molecular weight is 239 g/mol. The Kier molecular flexibility index (Phi) is 5.31. The lowest BCUT2D eigenvalue weighted by Crippen LogP contribution is -2.35. The van der Waals surface area contributed by atoms with Gasteiger partial charge in [-0.1, -0.05) is 13.8 Å². The number of aromatic nitrogens is 2. The summed E-state index contributed by atoms with van der Waals surface area (Å²) < 4.78 is 10.8. The predicted octanol–water partition coefficient (Wildman–Crippen LogP) is 1.42. The van der Waals surface area contributed by atoms with Gasteiger partial charge in [0.05, 0.1) is 19.3 Å². The zero-order valence-electron chi connectivity index (χ0n) is 11.1. The first-order valence-electron chi connectivity index (χ1n) is 5.70. The number of hydrogen-bond donors (Lipinski definition) is 1. The lowest BCUT2D eigenvalue weighted by atomic mass is 9.97. The molecule has 0 saturated heterocycles. The molecule has 0 aromatic carbocycles. The van der Waals surface area contributed by atoms with E-state index >= 15 is 0 Å². The topological polar surface area (TPSA) is 56.3 Å². The molecule has 5 nitrogen and oxygen atoms in total. The van der Waals surface area contributed by atoms with Crippen LogP contribution in [0.25, 0.3) is 0 Å². The van der Waals surface area contributed by atoms with Gasteiger partial charge in [-0.05, 0) is 13.0 Å². The Hall–Kier alpha value is -1.20. The number of nitrogens with zero attached hydrogens (tertiary/aromatic N) is 2. The Balaban J connectivity index is 3.07. The molecule has 1 N–H and O–H groups in total. The first-order chi connectivity index (χ1) is 8.15. The van der Waals surface area contributed by atoms with E-state index in [1.165, 1.54) is 0 Å². The fourth-order valence-corrected chi connectivity index (χ4v) is 1.96. The van der Waals surface area contributed by atoms with E-state index in [-0.39, 0.29) is 12.1 Å². The van der Waals surface area contributed by atoms with Gasteiger partial charge in [-0.15, -0.1) is 0 Å². The van der Waals surface area contributed by atoms with Crippen LogP contribution in [0.3, 0.4) is 0 Å². The molecule has 2 unspecified atom stereocenters. The van der Waals surface area contributed by atoms with Crippen LogP contribution in [0.4, 0.5) is 0 Å². The second-order valence-corrected chi connectivity index (χ2v) is 4.16. The van der Waals surface area contributed by atoms with E-state index in [1.807, 2.05) is 7.05 Å². The Morgan fingerprint density at radius 2 is 1.82 bits per heavy atom. The monoisotopic (exact) mass is 239 g/mol. The highest BCUT2D eigenvalue weighted by molar-refractivity contribution is 5.22. The van der Waals surface area contributed by atoms with Crippen LogP contribution >= 0.6 is 0 Å². The molecule has 0 amide bonds. The lowest BCUT2D eigenvalue weighted by molar-refractivity contribution is 0.0327. The molecule has 1 heterocycles. The Bertz CT molecular complexity index is 344. The lowest BCUT2D eigenvalue weighted by Gasteiger charge is -2.28. The molecule has 0 saturated carbocycles. The minimum atomic E-state index is -0.0383. The van der Waals surface area contributed by atoms with E-state index in [0.29, 0.717) is 11.8 Å². The van der Waals surface area contributed by atoms with E-state index < -0.39 is 0 Å². The number of nitrogens with one attached hydrogen (secondary N) is 1. The molecule has 1 aromatic heterocycles. The fourth-order valence-electron chi connectivity index (χ4n) is 1.96. The normalized spacial score (nSPS) is 14.7. The van der Waals surface area contributed by atoms with Gasteiger partial charge in [0, 0.05) is 19.5 Å². The third-order valence-electron chi connectivity index (χ3n) is 2.75. The van der Waals surface area contributed by atoms with Gasteiger partial charge in [-0.3, -0.25) is 4.98 Å². The quantitative estimate of drug-likeness (QED) is 0.813. The molecule has 17 heavy (non-hydrogen) atoms. The molecule has 0 aliphatic rings. The Labute approximate surface area is 103 Å². The molecule has 0 aliphatic heterocycles. The molecule has 96 valence electrons. The second kappa shape index (κ2) is 6.51. The van der Waals surface area contributed by atoms with Gasteiger partial charge in [0.15, 0.2) is 0 Å². The summed E-state index contributed by atoms with van der Waals surface area (Å²) >= 11 is 0. The van der Waals surface area contributed by atoms with Crippen molar-refractivity contribution in [2.45, 2.75) is 26.0 Å². The van der Waals surface area contributed by atoms with Crippen LogP contribution < -0.4 is 10.1 Å². The fraction of sp³-hybridized carbons (Fsp3) is 0.667. The first-order valence-corrected chi connectivity index (χ1v) is 5.70. The maximum atomic E-state index is 5.53. The van der Waals surface area contributed by atoms with Crippen molar-refractivity contribution in [1.29, 1.82) is 0 Å². The van der Waals surface area contributed by atoms with Crippen molar-refractivity contribution in [3.05, 3.63) is 18.1 Å². The maximum absolute atomic E-state index is 5.53. The molecule has 0 radical (unpaired) electrons. The molecular weight excluding hydrogens is 218 g/mol. The maximum Gasteiger partial charge on any atom is 0.237 e. The molecule has 5 heteroatoms. The summed E-state index contributed by atoms with van der Waals surface area (Å²) in [6, 6.07) is -0.0383. The van der Waals surface area contributed by atoms with Gasteiger partial charge >= 0.3 is 0 Å². The summed E-state index contributed by atoms with van der Waals surface area (Å²) in [7, 11) is 5.18. The number of rotatable bonds is 6. The number of methoxy groups -OCH3 is 2. The summed E-state index contributed by atoms with van der Waals surface area (Å²) in [4.78, 5) is 8.50. The first kappa shape index (κ1) is 13.9. The summed E-state index contributed by atoms with van der Waals surface area (Å²) in [6.45, 7) is 4.22. The highest BCUT2D eigenvalue weighted by atomic mass is 16.5. The third-order valence-corrected chi connectivity index (χ3v) is 2.75. The van der Waals surface area contributed by atoms with Crippen molar-refractivity contribution >= 4 is 0 Å². The minimum Gasteiger partial charge on any atom is -0.480 e.